The molecule has 1 aromatic carbocycles. The van der Waals surface area contributed by atoms with Gasteiger partial charge in [-0.1, -0.05) is 31.0 Å². The Bertz CT molecular complexity index is 278. The second kappa shape index (κ2) is 5.17. The van der Waals surface area contributed by atoms with E-state index >= 15 is 0 Å². The van der Waals surface area contributed by atoms with Crippen LogP contribution in [-0.4, -0.2) is 12.6 Å². The first-order valence-corrected chi connectivity index (χ1v) is 5.92. The highest BCUT2D eigenvalue weighted by molar-refractivity contribution is 5.43. The Kier molecular flexibility index (Phi) is 3.62. The van der Waals surface area contributed by atoms with E-state index in [0.29, 0.717) is 6.04 Å². The molecule has 0 amide bonds. The smallest absolute Gasteiger partial charge is 0.0411 e. The summed E-state index contributed by atoms with van der Waals surface area (Å²) in [6.45, 7) is 0.736. The summed E-state index contributed by atoms with van der Waals surface area (Å²) in [7, 11) is 0. The maximum atomic E-state index is 5.84. The molecule has 82 valence electrons. The standard InChI is InChI=1S/C13H20N2/c14-10-13(11-6-4-5-7-11)15-12-8-2-1-3-9-12/h1-3,8-9,11,13,15H,4-7,10,14H2. The molecule has 15 heavy (non-hydrogen) atoms. The van der Waals surface area contributed by atoms with Gasteiger partial charge < -0.3 is 11.1 Å². The normalized spacial score (nSPS) is 19.0. The van der Waals surface area contributed by atoms with Crippen molar-refractivity contribution >= 4 is 5.69 Å². The van der Waals surface area contributed by atoms with Crippen LogP contribution in [-0.2, 0) is 0 Å². The summed E-state index contributed by atoms with van der Waals surface area (Å²) in [4.78, 5) is 0. The van der Waals surface area contributed by atoms with E-state index in [2.05, 4.69) is 29.6 Å². The van der Waals surface area contributed by atoms with Gasteiger partial charge in [0.25, 0.3) is 0 Å². The lowest BCUT2D eigenvalue weighted by Crippen LogP contribution is -2.35. The average Bonchev–Trinajstić information content (AvgIpc) is 2.81. The molecule has 0 aromatic heterocycles. The lowest BCUT2D eigenvalue weighted by atomic mass is 9.98. The molecule has 1 saturated carbocycles. The minimum atomic E-state index is 0.454. The second-order valence-electron chi connectivity index (χ2n) is 4.40. The van der Waals surface area contributed by atoms with Gasteiger partial charge in [-0.15, -0.1) is 0 Å². The molecule has 0 saturated heterocycles. The first-order valence-electron chi connectivity index (χ1n) is 5.92. The zero-order valence-corrected chi connectivity index (χ0v) is 9.15. The summed E-state index contributed by atoms with van der Waals surface area (Å²) in [5.74, 6) is 0.773. The zero-order chi connectivity index (χ0) is 10.5. The Morgan fingerprint density at radius 3 is 2.47 bits per heavy atom. The predicted molar refractivity (Wildman–Crippen MR) is 64.9 cm³/mol. The maximum absolute atomic E-state index is 5.84. The maximum Gasteiger partial charge on any atom is 0.0411 e. The molecule has 3 N–H and O–H groups in total. The van der Waals surface area contributed by atoms with Gasteiger partial charge in [0.1, 0.15) is 0 Å². The van der Waals surface area contributed by atoms with E-state index < -0.39 is 0 Å². The van der Waals surface area contributed by atoms with Gasteiger partial charge in [0.2, 0.25) is 0 Å². The third kappa shape index (κ3) is 2.72. The van der Waals surface area contributed by atoms with Gasteiger partial charge in [0.05, 0.1) is 0 Å². The van der Waals surface area contributed by atoms with Gasteiger partial charge in [-0.3, -0.25) is 0 Å². The summed E-state index contributed by atoms with van der Waals surface area (Å²) in [5, 5.41) is 3.55. The molecule has 2 nitrogen and oxygen atoms in total. The van der Waals surface area contributed by atoms with Crippen molar-refractivity contribution in [3.8, 4) is 0 Å². The SMILES string of the molecule is NCC(Nc1ccccc1)C1CCCC1. The van der Waals surface area contributed by atoms with Crippen molar-refractivity contribution in [2.75, 3.05) is 11.9 Å². The van der Waals surface area contributed by atoms with Crippen LogP contribution in [0.5, 0.6) is 0 Å². The van der Waals surface area contributed by atoms with Gasteiger partial charge in [0, 0.05) is 18.3 Å². The summed E-state index contributed by atoms with van der Waals surface area (Å²) >= 11 is 0. The van der Waals surface area contributed by atoms with E-state index in [0.717, 1.165) is 12.5 Å². The molecule has 0 spiro atoms. The lowest BCUT2D eigenvalue weighted by molar-refractivity contribution is 0.462. The lowest BCUT2D eigenvalue weighted by Gasteiger charge is -2.24. The third-order valence-electron chi connectivity index (χ3n) is 3.35. The number of nitrogens with one attached hydrogen (secondary N) is 1. The molecule has 1 fully saturated rings. The van der Waals surface area contributed by atoms with Crippen molar-refractivity contribution in [1.82, 2.24) is 0 Å². The fourth-order valence-corrected chi connectivity index (χ4v) is 2.48. The van der Waals surface area contributed by atoms with E-state index in [1.807, 2.05) is 6.07 Å². The summed E-state index contributed by atoms with van der Waals surface area (Å²) in [6, 6.07) is 10.8. The number of para-hydroxylation sites is 1. The summed E-state index contributed by atoms with van der Waals surface area (Å²) in [6.07, 6.45) is 5.42. The van der Waals surface area contributed by atoms with Crippen LogP contribution in [0.1, 0.15) is 25.7 Å². The third-order valence-corrected chi connectivity index (χ3v) is 3.35. The van der Waals surface area contributed by atoms with Crippen LogP contribution >= 0.6 is 0 Å². The van der Waals surface area contributed by atoms with Gasteiger partial charge in [-0.05, 0) is 30.9 Å². The van der Waals surface area contributed by atoms with E-state index in [1.54, 1.807) is 0 Å². The largest absolute Gasteiger partial charge is 0.381 e. The monoisotopic (exact) mass is 204 g/mol. The van der Waals surface area contributed by atoms with Crippen molar-refractivity contribution in [1.29, 1.82) is 0 Å². The molecule has 1 unspecified atom stereocenters. The predicted octanol–water partition coefficient (Wildman–Crippen LogP) is 2.62. The molecule has 2 heteroatoms. The minimum Gasteiger partial charge on any atom is -0.381 e. The van der Waals surface area contributed by atoms with Crippen LogP contribution in [0.4, 0.5) is 5.69 Å². The molecule has 0 bridgehead atoms. The van der Waals surface area contributed by atoms with Crippen molar-refractivity contribution < 1.29 is 0 Å². The first kappa shape index (κ1) is 10.5. The molecule has 0 heterocycles. The molecule has 0 aliphatic heterocycles. The van der Waals surface area contributed by atoms with Gasteiger partial charge in [-0.25, -0.2) is 0 Å². The highest BCUT2D eigenvalue weighted by Gasteiger charge is 2.23. The highest BCUT2D eigenvalue weighted by atomic mass is 14.9. The van der Waals surface area contributed by atoms with Crippen molar-refractivity contribution in [3.63, 3.8) is 0 Å². The zero-order valence-electron chi connectivity index (χ0n) is 9.15. The summed E-state index contributed by atoms with van der Waals surface area (Å²) in [5.41, 5.74) is 7.03. The molecule has 1 atom stereocenters. The number of nitrogens with two attached hydrogens (primary N) is 1. The molecular weight excluding hydrogens is 184 g/mol. The number of hydrogen-bond donors (Lipinski definition) is 2. The van der Waals surface area contributed by atoms with Gasteiger partial charge >= 0.3 is 0 Å². The Balaban J connectivity index is 1.96. The summed E-state index contributed by atoms with van der Waals surface area (Å²) < 4.78 is 0. The Morgan fingerprint density at radius 2 is 1.87 bits per heavy atom. The second-order valence-corrected chi connectivity index (χ2v) is 4.40. The van der Waals surface area contributed by atoms with Crippen molar-refractivity contribution in [2.45, 2.75) is 31.7 Å². The van der Waals surface area contributed by atoms with Crippen molar-refractivity contribution in [2.24, 2.45) is 11.7 Å². The van der Waals surface area contributed by atoms with E-state index in [9.17, 15) is 0 Å². The Morgan fingerprint density at radius 1 is 1.20 bits per heavy atom. The Labute approximate surface area is 91.9 Å². The molecule has 2 rings (SSSR count). The topological polar surface area (TPSA) is 38.0 Å². The van der Waals surface area contributed by atoms with Gasteiger partial charge in [0.15, 0.2) is 0 Å². The number of rotatable bonds is 4. The van der Waals surface area contributed by atoms with Crippen LogP contribution in [0, 0.1) is 5.92 Å². The van der Waals surface area contributed by atoms with Crippen LogP contribution in [0.3, 0.4) is 0 Å². The van der Waals surface area contributed by atoms with Crippen LogP contribution in [0.2, 0.25) is 0 Å². The number of benzene rings is 1. The molecule has 1 aromatic rings. The quantitative estimate of drug-likeness (QED) is 0.791. The molecule has 0 radical (unpaired) electrons. The molecule has 1 aliphatic carbocycles. The van der Waals surface area contributed by atoms with E-state index in [4.69, 9.17) is 5.73 Å². The van der Waals surface area contributed by atoms with Crippen LogP contribution in [0.25, 0.3) is 0 Å². The molecule has 1 aliphatic rings. The van der Waals surface area contributed by atoms with E-state index in [1.165, 1.54) is 31.4 Å². The van der Waals surface area contributed by atoms with Gasteiger partial charge in [-0.2, -0.15) is 0 Å². The van der Waals surface area contributed by atoms with Crippen molar-refractivity contribution in [3.05, 3.63) is 30.3 Å². The minimum absolute atomic E-state index is 0.454. The van der Waals surface area contributed by atoms with E-state index in [-0.39, 0.29) is 0 Å². The average molecular weight is 204 g/mol. The van der Waals surface area contributed by atoms with Crippen LogP contribution < -0.4 is 11.1 Å². The number of hydrogen-bond acceptors (Lipinski definition) is 2. The highest BCUT2D eigenvalue weighted by Crippen LogP contribution is 2.28. The first-order chi connectivity index (χ1) is 7.40. The van der Waals surface area contributed by atoms with Crippen LogP contribution in [0.15, 0.2) is 30.3 Å². The molecular formula is C13H20N2. The number of anilines is 1. The fourth-order valence-electron chi connectivity index (χ4n) is 2.48. The fraction of sp³-hybridized carbons (Fsp3) is 0.538. The Hall–Kier alpha value is -1.02.